The number of hydrogen-bond donors (Lipinski definition) is 2. The van der Waals surface area contributed by atoms with E-state index in [9.17, 15) is 10.2 Å². The zero-order valence-corrected chi connectivity index (χ0v) is 8.41. The predicted molar refractivity (Wildman–Crippen MR) is 59.2 cm³/mol. The first-order valence-corrected chi connectivity index (χ1v) is 4.38. The van der Waals surface area contributed by atoms with Gasteiger partial charge in [-0.3, -0.25) is 0 Å². The predicted octanol–water partition coefficient (Wildman–Crippen LogP) is 3.16. The molecule has 0 heterocycles. The molecule has 0 atom stereocenters. The van der Waals surface area contributed by atoms with Crippen LogP contribution in [-0.4, -0.2) is 10.2 Å². The maximum absolute atomic E-state index is 9.32. The molecule has 0 aromatic heterocycles. The van der Waals surface area contributed by atoms with Crippen molar-refractivity contribution in [2.24, 2.45) is 0 Å². The van der Waals surface area contributed by atoms with Crippen molar-refractivity contribution in [2.75, 3.05) is 0 Å². The van der Waals surface area contributed by atoms with Gasteiger partial charge in [-0.2, -0.15) is 0 Å². The van der Waals surface area contributed by atoms with E-state index in [2.05, 4.69) is 6.58 Å². The number of hydrogen-bond acceptors (Lipinski definition) is 2. The summed E-state index contributed by atoms with van der Waals surface area (Å²) in [6.45, 7) is 7.59. The van der Waals surface area contributed by atoms with Crippen molar-refractivity contribution in [3.05, 3.63) is 35.4 Å². The first-order chi connectivity index (χ1) is 6.54. The molecule has 0 amide bonds. The Balaban J connectivity index is 3.34. The van der Waals surface area contributed by atoms with E-state index in [-0.39, 0.29) is 11.5 Å². The first-order valence-electron chi connectivity index (χ1n) is 4.38. The van der Waals surface area contributed by atoms with E-state index in [0.29, 0.717) is 0 Å². The van der Waals surface area contributed by atoms with E-state index in [1.807, 2.05) is 19.9 Å². The molecule has 74 valence electrons. The van der Waals surface area contributed by atoms with E-state index in [4.69, 9.17) is 0 Å². The van der Waals surface area contributed by atoms with Gasteiger partial charge in [-0.15, -0.1) is 0 Å². The number of allylic oxidation sites excluding steroid dienone is 1. The van der Waals surface area contributed by atoms with Gasteiger partial charge in [0, 0.05) is 0 Å². The zero-order chi connectivity index (χ0) is 10.7. The van der Waals surface area contributed by atoms with Crippen LogP contribution in [0.25, 0.3) is 12.2 Å². The lowest BCUT2D eigenvalue weighted by molar-refractivity contribution is 0.403. The van der Waals surface area contributed by atoms with Gasteiger partial charge in [0.1, 0.15) is 0 Å². The lowest BCUT2D eigenvalue weighted by Gasteiger charge is -2.05. The van der Waals surface area contributed by atoms with Crippen LogP contribution in [0.3, 0.4) is 0 Å². The van der Waals surface area contributed by atoms with Crippen molar-refractivity contribution in [3.63, 3.8) is 0 Å². The molecular weight excluding hydrogens is 176 g/mol. The maximum Gasteiger partial charge on any atom is 0.158 e. The summed E-state index contributed by atoms with van der Waals surface area (Å²) in [5.74, 6) is -0.228. The molecular formula is C12H14O2. The summed E-state index contributed by atoms with van der Waals surface area (Å²) in [5, 5.41) is 18.6. The Labute approximate surface area is 83.8 Å². The standard InChI is InChI=1S/C12H14O2/c1-4-9-6-11(13)12(14)7-10(9)5-8(2)3/h4-7,13-14H,1H2,2-3H3. The van der Waals surface area contributed by atoms with Gasteiger partial charge in [-0.25, -0.2) is 0 Å². The van der Waals surface area contributed by atoms with Crippen molar-refractivity contribution in [2.45, 2.75) is 13.8 Å². The van der Waals surface area contributed by atoms with Crippen LogP contribution in [0.1, 0.15) is 25.0 Å². The Morgan fingerprint density at radius 2 is 1.64 bits per heavy atom. The van der Waals surface area contributed by atoms with E-state index >= 15 is 0 Å². The highest BCUT2D eigenvalue weighted by molar-refractivity contribution is 5.69. The van der Waals surface area contributed by atoms with Gasteiger partial charge in [-0.1, -0.05) is 24.3 Å². The molecule has 14 heavy (non-hydrogen) atoms. The summed E-state index contributed by atoms with van der Waals surface area (Å²) in [6.07, 6.45) is 3.57. The van der Waals surface area contributed by atoms with E-state index in [0.717, 1.165) is 16.7 Å². The summed E-state index contributed by atoms with van der Waals surface area (Å²) < 4.78 is 0. The molecule has 0 bridgehead atoms. The molecule has 0 aliphatic rings. The SMILES string of the molecule is C=Cc1cc(O)c(O)cc1C=C(C)C. The highest BCUT2D eigenvalue weighted by Gasteiger charge is 2.04. The lowest BCUT2D eigenvalue weighted by Crippen LogP contribution is -1.82. The quantitative estimate of drug-likeness (QED) is 0.703. The Morgan fingerprint density at radius 1 is 1.14 bits per heavy atom. The van der Waals surface area contributed by atoms with E-state index in [1.165, 1.54) is 12.1 Å². The minimum absolute atomic E-state index is 0.108. The summed E-state index contributed by atoms with van der Waals surface area (Å²) in [6, 6.07) is 3.02. The normalized spacial score (nSPS) is 9.57. The Hall–Kier alpha value is -1.70. The second kappa shape index (κ2) is 4.01. The smallest absolute Gasteiger partial charge is 0.158 e. The molecule has 0 spiro atoms. The van der Waals surface area contributed by atoms with Crippen molar-refractivity contribution in [1.82, 2.24) is 0 Å². The van der Waals surface area contributed by atoms with Gasteiger partial charge in [0.15, 0.2) is 11.5 Å². The first kappa shape index (κ1) is 10.4. The largest absolute Gasteiger partial charge is 0.504 e. The number of phenols is 2. The van der Waals surface area contributed by atoms with Crippen LogP contribution >= 0.6 is 0 Å². The number of rotatable bonds is 2. The molecule has 0 fully saturated rings. The molecule has 0 saturated carbocycles. The summed E-state index contributed by atoms with van der Waals surface area (Å²) in [7, 11) is 0. The molecule has 1 rings (SSSR count). The van der Waals surface area contributed by atoms with Gasteiger partial charge in [-0.05, 0) is 37.1 Å². The van der Waals surface area contributed by atoms with Crippen LogP contribution in [0.5, 0.6) is 11.5 Å². The van der Waals surface area contributed by atoms with Gasteiger partial charge in [0.05, 0.1) is 0 Å². The van der Waals surface area contributed by atoms with Gasteiger partial charge in [0.25, 0.3) is 0 Å². The molecule has 0 unspecified atom stereocenters. The molecule has 2 heteroatoms. The summed E-state index contributed by atoms with van der Waals surface area (Å²) in [5.41, 5.74) is 2.79. The number of benzene rings is 1. The third-order valence-electron chi connectivity index (χ3n) is 1.84. The number of aromatic hydroxyl groups is 2. The minimum Gasteiger partial charge on any atom is -0.504 e. The third-order valence-corrected chi connectivity index (χ3v) is 1.84. The molecule has 0 radical (unpaired) electrons. The van der Waals surface area contributed by atoms with Crippen LogP contribution in [0, 0.1) is 0 Å². The number of phenolic OH excluding ortho intramolecular Hbond substituents is 2. The fraction of sp³-hybridized carbons (Fsp3) is 0.167. The molecule has 2 N–H and O–H groups in total. The third kappa shape index (κ3) is 2.16. The molecule has 0 aliphatic carbocycles. The Bertz CT molecular complexity index is 386. The summed E-state index contributed by atoms with van der Waals surface area (Å²) in [4.78, 5) is 0. The van der Waals surface area contributed by atoms with Crippen LogP contribution in [-0.2, 0) is 0 Å². The van der Waals surface area contributed by atoms with Crippen molar-refractivity contribution in [3.8, 4) is 11.5 Å². The minimum atomic E-state index is -0.120. The van der Waals surface area contributed by atoms with Crippen molar-refractivity contribution >= 4 is 12.2 Å². The fourth-order valence-electron chi connectivity index (χ4n) is 1.22. The van der Waals surface area contributed by atoms with Gasteiger partial charge in [0.2, 0.25) is 0 Å². The maximum atomic E-state index is 9.32. The average Bonchev–Trinajstić information content (AvgIpc) is 2.10. The monoisotopic (exact) mass is 190 g/mol. The second-order valence-corrected chi connectivity index (χ2v) is 3.40. The second-order valence-electron chi connectivity index (χ2n) is 3.40. The fourth-order valence-corrected chi connectivity index (χ4v) is 1.22. The average molecular weight is 190 g/mol. The van der Waals surface area contributed by atoms with Crippen LogP contribution < -0.4 is 0 Å². The van der Waals surface area contributed by atoms with Gasteiger partial charge < -0.3 is 10.2 Å². The zero-order valence-electron chi connectivity index (χ0n) is 8.41. The van der Waals surface area contributed by atoms with Crippen LogP contribution in [0.4, 0.5) is 0 Å². The Kier molecular flexibility index (Phi) is 2.97. The van der Waals surface area contributed by atoms with Gasteiger partial charge >= 0.3 is 0 Å². The van der Waals surface area contributed by atoms with Crippen LogP contribution in [0.15, 0.2) is 24.3 Å². The van der Waals surface area contributed by atoms with E-state index < -0.39 is 0 Å². The van der Waals surface area contributed by atoms with Crippen molar-refractivity contribution < 1.29 is 10.2 Å². The van der Waals surface area contributed by atoms with Crippen LogP contribution in [0.2, 0.25) is 0 Å². The molecule has 1 aromatic rings. The lowest BCUT2D eigenvalue weighted by atomic mass is 10.0. The molecule has 2 nitrogen and oxygen atoms in total. The highest BCUT2D eigenvalue weighted by atomic mass is 16.3. The highest BCUT2D eigenvalue weighted by Crippen LogP contribution is 2.30. The molecule has 0 saturated heterocycles. The summed E-state index contributed by atoms with van der Waals surface area (Å²) >= 11 is 0. The van der Waals surface area contributed by atoms with E-state index in [1.54, 1.807) is 6.08 Å². The molecule has 1 aromatic carbocycles. The molecule has 0 aliphatic heterocycles. The Morgan fingerprint density at radius 3 is 2.07 bits per heavy atom. The topological polar surface area (TPSA) is 40.5 Å². The van der Waals surface area contributed by atoms with Crippen molar-refractivity contribution in [1.29, 1.82) is 0 Å².